The minimum atomic E-state index is -0.344. The highest BCUT2D eigenvalue weighted by Crippen LogP contribution is 2.32. The minimum absolute atomic E-state index is 0.0985. The molecule has 3 nitrogen and oxygen atoms in total. The SMILES string of the molecule is CC(c1ccc(O)c(O)c1)C(C)(C)N. The smallest absolute Gasteiger partial charge is 0.157 e. The molecule has 0 heterocycles. The van der Waals surface area contributed by atoms with Gasteiger partial charge in [-0.3, -0.25) is 0 Å². The molecular weight excluding hydrogens is 178 g/mol. The van der Waals surface area contributed by atoms with Gasteiger partial charge in [-0.15, -0.1) is 0 Å². The first-order valence-corrected chi connectivity index (χ1v) is 4.63. The molecule has 4 N–H and O–H groups in total. The molecule has 1 rings (SSSR count). The van der Waals surface area contributed by atoms with Crippen LogP contribution in [-0.2, 0) is 0 Å². The van der Waals surface area contributed by atoms with E-state index in [4.69, 9.17) is 10.8 Å². The van der Waals surface area contributed by atoms with Gasteiger partial charge in [0.25, 0.3) is 0 Å². The lowest BCUT2D eigenvalue weighted by Gasteiger charge is -2.27. The van der Waals surface area contributed by atoms with Crippen molar-refractivity contribution in [2.75, 3.05) is 0 Å². The fraction of sp³-hybridized carbons (Fsp3) is 0.455. The zero-order valence-electron chi connectivity index (χ0n) is 8.78. The highest BCUT2D eigenvalue weighted by atomic mass is 16.3. The molecule has 0 bridgehead atoms. The van der Waals surface area contributed by atoms with Crippen molar-refractivity contribution >= 4 is 0 Å². The second kappa shape index (κ2) is 3.50. The number of phenolic OH excluding ortho intramolecular Hbond substituents is 2. The van der Waals surface area contributed by atoms with Crippen molar-refractivity contribution in [3.05, 3.63) is 23.8 Å². The normalized spacial score (nSPS) is 14.0. The van der Waals surface area contributed by atoms with Gasteiger partial charge in [-0.1, -0.05) is 13.0 Å². The number of hydrogen-bond acceptors (Lipinski definition) is 3. The first-order chi connectivity index (χ1) is 6.32. The van der Waals surface area contributed by atoms with Gasteiger partial charge >= 0.3 is 0 Å². The summed E-state index contributed by atoms with van der Waals surface area (Å²) < 4.78 is 0. The van der Waals surface area contributed by atoms with Crippen molar-refractivity contribution in [3.63, 3.8) is 0 Å². The van der Waals surface area contributed by atoms with Crippen LogP contribution in [0, 0.1) is 0 Å². The summed E-state index contributed by atoms with van der Waals surface area (Å²) in [6.07, 6.45) is 0. The molecule has 0 saturated heterocycles. The van der Waals surface area contributed by atoms with Crippen LogP contribution in [0.3, 0.4) is 0 Å². The zero-order chi connectivity index (χ0) is 10.9. The van der Waals surface area contributed by atoms with E-state index in [2.05, 4.69) is 0 Å². The second-order valence-corrected chi connectivity index (χ2v) is 4.29. The van der Waals surface area contributed by atoms with Gasteiger partial charge in [-0.25, -0.2) is 0 Å². The third kappa shape index (κ3) is 2.17. The van der Waals surface area contributed by atoms with Gasteiger partial charge in [0.2, 0.25) is 0 Å². The van der Waals surface area contributed by atoms with Crippen LogP contribution in [-0.4, -0.2) is 15.8 Å². The molecule has 0 spiro atoms. The van der Waals surface area contributed by atoms with Gasteiger partial charge in [-0.2, -0.15) is 0 Å². The van der Waals surface area contributed by atoms with Crippen LogP contribution in [0.2, 0.25) is 0 Å². The Hall–Kier alpha value is -1.22. The maximum Gasteiger partial charge on any atom is 0.157 e. The van der Waals surface area contributed by atoms with E-state index >= 15 is 0 Å². The summed E-state index contributed by atoms with van der Waals surface area (Å²) >= 11 is 0. The largest absolute Gasteiger partial charge is 0.504 e. The quantitative estimate of drug-likeness (QED) is 0.632. The van der Waals surface area contributed by atoms with Crippen molar-refractivity contribution in [1.82, 2.24) is 0 Å². The molecule has 0 amide bonds. The lowest BCUT2D eigenvalue weighted by molar-refractivity contribution is 0.398. The Morgan fingerprint density at radius 2 is 1.79 bits per heavy atom. The lowest BCUT2D eigenvalue weighted by atomic mass is 9.84. The summed E-state index contributed by atoms with van der Waals surface area (Å²) in [5.41, 5.74) is 6.54. The van der Waals surface area contributed by atoms with E-state index in [1.807, 2.05) is 20.8 Å². The van der Waals surface area contributed by atoms with Gasteiger partial charge in [0.1, 0.15) is 0 Å². The molecular formula is C11H17NO2. The van der Waals surface area contributed by atoms with Gasteiger partial charge < -0.3 is 15.9 Å². The highest BCUT2D eigenvalue weighted by molar-refractivity contribution is 5.42. The molecule has 1 unspecified atom stereocenters. The van der Waals surface area contributed by atoms with E-state index < -0.39 is 0 Å². The third-order valence-corrected chi connectivity index (χ3v) is 2.62. The van der Waals surface area contributed by atoms with E-state index in [-0.39, 0.29) is 23.0 Å². The maximum atomic E-state index is 9.32. The number of benzene rings is 1. The lowest BCUT2D eigenvalue weighted by Crippen LogP contribution is -2.37. The number of phenols is 2. The molecule has 0 aromatic heterocycles. The fourth-order valence-electron chi connectivity index (χ4n) is 1.24. The van der Waals surface area contributed by atoms with E-state index in [9.17, 15) is 5.11 Å². The highest BCUT2D eigenvalue weighted by Gasteiger charge is 2.22. The van der Waals surface area contributed by atoms with Crippen LogP contribution in [0.1, 0.15) is 32.3 Å². The molecule has 0 aliphatic rings. The van der Waals surface area contributed by atoms with Crippen molar-refractivity contribution in [2.24, 2.45) is 5.73 Å². The molecule has 3 heteroatoms. The Labute approximate surface area is 84.2 Å². The number of nitrogens with two attached hydrogens (primary N) is 1. The average molecular weight is 195 g/mol. The molecule has 1 atom stereocenters. The van der Waals surface area contributed by atoms with Crippen molar-refractivity contribution < 1.29 is 10.2 Å². The molecule has 1 aromatic rings. The molecule has 0 aliphatic carbocycles. The zero-order valence-corrected chi connectivity index (χ0v) is 8.78. The summed E-state index contributed by atoms with van der Waals surface area (Å²) in [6, 6.07) is 4.80. The van der Waals surface area contributed by atoms with Crippen LogP contribution in [0.15, 0.2) is 18.2 Å². The molecule has 1 aromatic carbocycles. The molecule has 0 radical (unpaired) electrons. The second-order valence-electron chi connectivity index (χ2n) is 4.29. The molecule has 0 saturated carbocycles. The van der Waals surface area contributed by atoms with E-state index in [1.165, 1.54) is 6.07 Å². The Bertz CT molecular complexity index is 329. The van der Waals surface area contributed by atoms with Crippen LogP contribution < -0.4 is 5.73 Å². The summed E-state index contributed by atoms with van der Waals surface area (Å²) in [6.45, 7) is 5.86. The first kappa shape index (κ1) is 10.9. The van der Waals surface area contributed by atoms with E-state index in [1.54, 1.807) is 12.1 Å². The summed E-state index contributed by atoms with van der Waals surface area (Å²) in [4.78, 5) is 0. The Balaban J connectivity index is 3.03. The van der Waals surface area contributed by atoms with Crippen molar-refractivity contribution in [2.45, 2.75) is 32.2 Å². The van der Waals surface area contributed by atoms with Crippen molar-refractivity contribution in [1.29, 1.82) is 0 Å². The Kier molecular flexibility index (Phi) is 2.71. The predicted octanol–water partition coefficient (Wildman–Crippen LogP) is 1.94. The molecule has 0 fully saturated rings. The van der Waals surface area contributed by atoms with Crippen LogP contribution in [0.4, 0.5) is 0 Å². The molecule has 0 aliphatic heterocycles. The monoisotopic (exact) mass is 195 g/mol. The van der Waals surface area contributed by atoms with Gasteiger partial charge in [0.15, 0.2) is 11.5 Å². The summed E-state index contributed by atoms with van der Waals surface area (Å²) in [5, 5.41) is 18.5. The van der Waals surface area contributed by atoms with E-state index in [0.29, 0.717) is 0 Å². The summed E-state index contributed by atoms with van der Waals surface area (Å²) in [5.74, 6) is -0.0802. The Morgan fingerprint density at radius 3 is 2.21 bits per heavy atom. The average Bonchev–Trinajstić information content (AvgIpc) is 2.07. The van der Waals surface area contributed by atoms with Crippen LogP contribution in [0.5, 0.6) is 11.5 Å². The van der Waals surface area contributed by atoms with Gasteiger partial charge in [0, 0.05) is 5.54 Å². The Morgan fingerprint density at radius 1 is 1.21 bits per heavy atom. The van der Waals surface area contributed by atoms with E-state index in [0.717, 1.165) is 5.56 Å². The standard InChI is InChI=1S/C11H17NO2/c1-7(11(2,3)12)8-4-5-9(13)10(14)6-8/h4-7,13-14H,12H2,1-3H3. The first-order valence-electron chi connectivity index (χ1n) is 4.63. The van der Waals surface area contributed by atoms with Gasteiger partial charge in [0.05, 0.1) is 0 Å². The molecule has 14 heavy (non-hydrogen) atoms. The van der Waals surface area contributed by atoms with Crippen LogP contribution in [0.25, 0.3) is 0 Å². The number of hydrogen-bond donors (Lipinski definition) is 3. The maximum absolute atomic E-state index is 9.32. The third-order valence-electron chi connectivity index (χ3n) is 2.62. The van der Waals surface area contributed by atoms with Gasteiger partial charge in [-0.05, 0) is 37.5 Å². The topological polar surface area (TPSA) is 66.5 Å². The number of rotatable bonds is 2. The fourth-order valence-corrected chi connectivity index (χ4v) is 1.24. The summed E-state index contributed by atoms with van der Waals surface area (Å²) in [7, 11) is 0. The predicted molar refractivity (Wildman–Crippen MR) is 56.5 cm³/mol. The van der Waals surface area contributed by atoms with Crippen LogP contribution >= 0.6 is 0 Å². The minimum Gasteiger partial charge on any atom is -0.504 e. The molecule has 78 valence electrons. The number of aromatic hydroxyl groups is 2. The van der Waals surface area contributed by atoms with Crippen molar-refractivity contribution in [3.8, 4) is 11.5 Å².